The summed E-state index contributed by atoms with van der Waals surface area (Å²) in [6.45, 7) is 0.642. The second-order valence-corrected chi connectivity index (χ2v) is 7.19. The summed E-state index contributed by atoms with van der Waals surface area (Å²) in [4.78, 5) is 11.4. The van der Waals surface area contributed by atoms with Gasteiger partial charge in [0.2, 0.25) is 0 Å². The molecule has 2 aromatic carbocycles. The van der Waals surface area contributed by atoms with Crippen LogP contribution in [-0.4, -0.2) is 19.6 Å². The van der Waals surface area contributed by atoms with Gasteiger partial charge in [0.05, 0.1) is 18.3 Å². The number of benzene rings is 2. The fourth-order valence-corrected chi connectivity index (χ4v) is 3.84. The lowest BCUT2D eigenvalue weighted by Crippen LogP contribution is -2.34. The van der Waals surface area contributed by atoms with E-state index in [9.17, 15) is 4.79 Å². The maximum atomic E-state index is 11.4. The third kappa shape index (κ3) is 2.66. The average Bonchev–Trinajstić information content (AvgIpc) is 3.03. The second kappa shape index (κ2) is 6.21. The minimum absolute atomic E-state index is 0.394. The molecule has 132 valence electrons. The maximum absolute atomic E-state index is 11.4. The molecule has 1 spiro atoms. The van der Waals surface area contributed by atoms with Gasteiger partial charge in [-0.25, -0.2) is 4.79 Å². The third-order valence-corrected chi connectivity index (χ3v) is 5.21. The Kier molecular flexibility index (Phi) is 4.00. The quantitative estimate of drug-likeness (QED) is 0.583. The summed E-state index contributed by atoms with van der Waals surface area (Å²) < 4.78 is 11.8. The Morgan fingerprint density at radius 1 is 1.27 bits per heavy atom. The predicted octanol–water partition coefficient (Wildman–Crippen LogP) is 3.43. The Balaban J connectivity index is 1.88. The van der Waals surface area contributed by atoms with Gasteiger partial charge < -0.3 is 20.5 Å². The molecular weight excluding hydrogens is 396 g/mol. The number of hydrogen-bond donors (Lipinski definition) is 2. The molecule has 0 amide bonds. The van der Waals surface area contributed by atoms with Crippen LogP contribution in [0.4, 0.5) is 0 Å². The Bertz CT molecular complexity index is 968. The van der Waals surface area contributed by atoms with Gasteiger partial charge in [0.1, 0.15) is 11.5 Å². The molecule has 1 atom stereocenters. The van der Waals surface area contributed by atoms with Crippen molar-refractivity contribution in [1.82, 2.24) is 5.32 Å². The van der Waals surface area contributed by atoms with Gasteiger partial charge in [-0.1, -0.05) is 22.0 Å². The molecule has 0 aromatic heterocycles. The standard InChI is InChI=1S/C20H17BrN2O3/c1-25-19(24)7-3-12-2-5-16-14(8-12)20(10-18(22)23-11-20)15-9-13(21)4-6-17(15)26-16/h2-10,23H,11,22H2,1H3/b7-3+/t20-/m0/s1. The average molecular weight is 413 g/mol. The van der Waals surface area contributed by atoms with E-state index in [0.717, 1.165) is 32.7 Å². The number of nitrogens with two attached hydrogens (primary N) is 1. The zero-order chi connectivity index (χ0) is 18.3. The monoisotopic (exact) mass is 412 g/mol. The van der Waals surface area contributed by atoms with Crippen LogP contribution in [0.5, 0.6) is 11.5 Å². The fraction of sp³-hybridized carbons (Fsp3) is 0.150. The van der Waals surface area contributed by atoms with Crippen LogP contribution >= 0.6 is 15.9 Å². The Hall–Kier alpha value is -2.73. The van der Waals surface area contributed by atoms with Crippen molar-refractivity contribution in [2.24, 2.45) is 5.73 Å². The maximum Gasteiger partial charge on any atom is 0.330 e. The number of esters is 1. The van der Waals surface area contributed by atoms with Crippen LogP contribution in [-0.2, 0) is 14.9 Å². The number of nitrogens with one attached hydrogen (secondary N) is 1. The molecule has 3 N–H and O–H groups in total. The Labute approximate surface area is 159 Å². The minimum Gasteiger partial charge on any atom is -0.466 e. The van der Waals surface area contributed by atoms with E-state index in [1.54, 1.807) is 6.08 Å². The van der Waals surface area contributed by atoms with Crippen LogP contribution in [0.1, 0.15) is 16.7 Å². The molecule has 2 heterocycles. The summed E-state index contributed by atoms with van der Waals surface area (Å²) in [7, 11) is 1.36. The molecule has 2 aromatic rings. The van der Waals surface area contributed by atoms with Gasteiger partial charge >= 0.3 is 5.97 Å². The van der Waals surface area contributed by atoms with E-state index in [1.807, 2.05) is 36.4 Å². The number of ether oxygens (including phenoxy) is 2. The summed E-state index contributed by atoms with van der Waals surface area (Å²) in [6.07, 6.45) is 5.17. The number of halogens is 1. The summed E-state index contributed by atoms with van der Waals surface area (Å²) >= 11 is 3.55. The molecule has 0 fully saturated rings. The van der Waals surface area contributed by atoms with Gasteiger partial charge in [-0.2, -0.15) is 0 Å². The molecular formula is C20H17BrN2O3. The van der Waals surface area contributed by atoms with Crippen LogP contribution in [0.3, 0.4) is 0 Å². The van der Waals surface area contributed by atoms with E-state index in [-0.39, 0.29) is 0 Å². The predicted molar refractivity (Wildman–Crippen MR) is 103 cm³/mol. The number of carbonyl (C=O) groups excluding carboxylic acids is 1. The second-order valence-electron chi connectivity index (χ2n) is 6.28. The van der Waals surface area contributed by atoms with E-state index in [2.05, 4.69) is 32.0 Å². The van der Waals surface area contributed by atoms with Crippen molar-refractivity contribution in [3.63, 3.8) is 0 Å². The third-order valence-electron chi connectivity index (χ3n) is 4.71. The van der Waals surface area contributed by atoms with Crippen molar-refractivity contribution >= 4 is 28.0 Å². The Morgan fingerprint density at radius 2 is 2.00 bits per heavy atom. The number of hydrogen-bond acceptors (Lipinski definition) is 5. The lowest BCUT2D eigenvalue weighted by Gasteiger charge is -2.35. The summed E-state index contributed by atoms with van der Waals surface area (Å²) in [6, 6.07) is 11.8. The van der Waals surface area contributed by atoms with Crippen LogP contribution in [0.15, 0.2) is 58.8 Å². The van der Waals surface area contributed by atoms with Gasteiger partial charge in [0.15, 0.2) is 0 Å². The zero-order valence-electron chi connectivity index (χ0n) is 14.1. The SMILES string of the molecule is COC(=O)/C=C/c1ccc2c(c1)[C@@]1(C=C(N)NC1)c1cc(Br)ccc1O2. The summed E-state index contributed by atoms with van der Waals surface area (Å²) in [5.41, 5.74) is 8.57. The van der Waals surface area contributed by atoms with Crippen molar-refractivity contribution in [1.29, 1.82) is 0 Å². The molecule has 2 aliphatic heterocycles. The summed E-state index contributed by atoms with van der Waals surface area (Å²) in [5, 5.41) is 3.24. The van der Waals surface area contributed by atoms with Gasteiger partial charge in [-0.05, 0) is 48.0 Å². The molecule has 4 rings (SSSR count). The van der Waals surface area contributed by atoms with E-state index < -0.39 is 11.4 Å². The topological polar surface area (TPSA) is 73.6 Å². The number of carbonyl (C=O) groups is 1. The smallest absolute Gasteiger partial charge is 0.330 e. The highest BCUT2D eigenvalue weighted by Crippen LogP contribution is 2.51. The van der Waals surface area contributed by atoms with E-state index >= 15 is 0 Å². The lowest BCUT2D eigenvalue weighted by molar-refractivity contribution is -0.134. The van der Waals surface area contributed by atoms with Crippen molar-refractivity contribution < 1.29 is 14.3 Å². The van der Waals surface area contributed by atoms with Crippen LogP contribution in [0.2, 0.25) is 0 Å². The zero-order valence-corrected chi connectivity index (χ0v) is 15.7. The van der Waals surface area contributed by atoms with Gasteiger partial charge in [0, 0.05) is 28.2 Å². The number of fused-ring (bicyclic) bond motifs is 4. The molecule has 2 aliphatic rings. The van der Waals surface area contributed by atoms with Crippen molar-refractivity contribution in [3.05, 3.63) is 75.5 Å². The van der Waals surface area contributed by atoms with Crippen LogP contribution in [0, 0.1) is 0 Å². The molecule has 6 heteroatoms. The molecule has 0 unspecified atom stereocenters. The van der Waals surface area contributed by atoms with Gasteiger partial charge in [-0.15, -0.1) is 0 Å². The first-order valence-corrected chi connectivity index (χ1v) is 8.92. The number of rotatable bonds is 2. The first-order valence-electron chi connectivity index (χ1n) is 8.12. The molecule has 5 nitrogen and oxygen atoms in total. The van der Waals surface area contributed by atoms with Crippen LogP contribution < -0.4 is 15.8 Å². The normalized spacial score (nSPS) is 20.2. The highest BCUT2D eigenvalue weighted by molar-refractivity contribution is 9.10. The lowest BCUT2D eigenvalue weighted by atomic mass is 9.73. The first-order chi connectivity index (χ1) is 12.5. The fourth-order valence-electron chi connectivity index (χ4n) is 3.48. The van der Waals surface area contributed by atoms with Gasteiger partial charge in [-0.3, -0.25) is 0 Å². The highest BCUT2D eigenvalue weighted by atomic mass is 79.9. The van der Waals surface area contributed by atoms with E-state index in [1.165, 1.54) is 13.2 Å². The van der Waals surface area contributed by atoms with Crippen molar-refractivity contribution in [3.8, 4) is 11.5 Å². The summed E-state index contributed by atoms with van der Waals surface area (Å²) in [5.74, 6) is 1.84. The van der Waals surface area contributed by atoms with Crippen LogP contribution in [0.25, 0.3) is 6.08 Å². The highest BCUT2D eigenvalue weighted by Gasteiger charge is 2.43. The number of methoxy groups -OCH3 is 1. The first kappa shape index (κ1) is 16.7. The molecule has 0 aliphatic carbocycles. The molecule has 0 bridgehead atoms. The molecule has 0 saturated heterocycles. The molecule has 0 radical (unpaired) electrons. The van der Waals surface area contributed by atoms with Gasteiger partial charge in [0.25, 0.3) is 0 Å². The molecule has 0 saturated carbocycles. The van der Waals surface area contributed by atoms with Crippen molar-refractivity contribution in [2.45, 2.75) is 5.41 Å². The van der Waals surface area contributed by atoms with Crippen molar-refractivity contribution in [2.75, 3.05) is 13.7 Å². The van der Waals surface area contributed by atoms with E-state index in [4.69, 9.17) is 10.5 Å². The van der Waals surface area contributed by atoms with E-state index in [0.29, 0.717) is 12.4 Å². The Morgan fingerprint density at radius 3 is 2.69 bits per heavy atom. The minimum atomic E-state index is -0.425. The molecule has 26 heavy (non-hydrogen) atoms. The largest absolute Gasteiger partial charge is 0.466 e.